The maximum Gasteiger partial charge on any atom is 0.416 e. The number of hydrogen-bond donors (Lipinski definition) is 1. The van der Waals surface area contributed by atoms with Crippen molar-refractivity contribution in [2.75, 3.05) is 12.4 Å². The number of Topliss-reactive ketones (excluding diaryl/α,β-unsaturated/α-hetero) is 1. The first-order chi connectivity index (χ1) is 14.2. The highest BCUT2D eigenvalue weighted by molar-refractivity contribution is 5.83. The fourth-order valence-corrected chi connectivity index (χ4v) is 2.76. The second-order valence-corrected chi connectivity index (χ2v) is 6.45. The van der Waals surface area contributed by atoms with Crippen molar-refractivity contribution in [3.63, 3.8) is 0 Å². The molecule has 1 N–H and O–H groups in total. The molecule has 0 bridgehead atoms. The number of nitrogens with zero attached hydrogens (tertiary/aromatic N) is 2. The van der Waals surface area contributed by atoms with E-state index in [1.54, 1.807) is 7.05 Å². The number of hydrogen-bond acceptors (Lipinski definition) is 5. The van der Waals surface area contributed by atoms with Gasteiger partial charge in [0.25, 0.3) is 0 Å². The first kappa shape index (κ1) is 21.2. The normalized spacial score (nSPS) is 11.2. The average Bonchev–Trinajstić information content (AvgIpc) is 2.70. The Morgan fingerprint density at radius 3 is 2.43 bits per heavy atom. The van der Waals surface area contributed by atoms with Gasteiger partial charge in [0, 0.05) is 26.0 Å². The summed E-state index contributed by atoms with van der Waals surface area (Å²) in [5.41, 5.74) is -0.179. The molecule has 0 unspecified atom stereocenters. The Labute approximate surface area is 169 Å². The van der Waals surface area contributed by atoms with Crippen molar-refractivity contribution >= 4 is 11.6 Å². The number of carbonyl (C=O) groups is 1. The standard InChI is InChI=1S/C21H17F4N3O2/c1-26-19-11-20(28-12-27-19)30-18-6-5-14(10-17(18)22)9-16(29)8-13-3-2-4-15(7-13)21(23,24)25/h2-7,10-12H,8-9H2,1H3,(H,26,27,28). The van der Waals surface area contributed by atoms with Crippen molar-refractivity contribution in [1.82, 2.24) is 9.97 Å². The molecule has 1 aromatic heterocycles. The van der Waals surface area contributed by atoms with Gasteiger partial charge in [-0.05, 0) is 29.3 Å². The lowest BCUT2D eigenvalue weighted by Gasteiger charge is -2.09. The number of aromatic nitrogens is 2. The minimum atomic E-state index is -4.48. The molecule has 30 heavy (non-hydrogen) atoms. The van der Waals surface area contributed by atoms with Crippen LogP contribution in [0.5, 0.6) is 11.6 Å². The second-order valence-electron chi connectivity index (χ2n) is 6.45. The zero-order valence-corrected chi connectivity index (χ0v) is 15.8. The molecule has 0 aliphatic carbocycles. The molecule has 0 saturated heterocycles. The number of rotatable bonds is 7. The predicted octanol–water partition coefficient (Wildman–Crippen LogP) is 4.82. The molecule has 156 valence electrons. The third-order valence-corrected chi connectivity index (χ3v) is 4.17. The zero-order chi connectivity index (χ0) is 21.7. The summed E-state index contributed by atoms with van der Waals surface area (Å²) in [7, 11) is 1.66. The smallest absolute Gasteiger partial charge is 0.416 e. The van der Waals surface area contributed by atoms with Crippen molar-refractivity contribution in [3.05, 3.63) is 77.4 Å². The minimum absolute atomic E-state index is 0.0789. The lowest BCUT2D eigenvalue weighted by atomic mass is 10.0. The molecule has 0 atom stereocenters. The molecule has 0 radical (unpaired) electrons. The van der Waals surface area contributed by atoms with Gasteiger partial charge < -0.3 is 10.1 Å². The van der Waals surface area contributed by atoms with E-state index in [9.17, 15) is 22.4 Å². The largest absolute Gasteiger partial charge is 0.436 e. The van der Waals surface area contributed by atoms with Gasteiger partial charge in [0.2, 0.25) is 5.88 Å². The van der Waals surface area contributed by atoms with Gasteiger partial charge in [-0.25, -0.2) is 14.4 Å². The Kier molecular flexibility index (Phi) is 6.29. The van der Waals surface area contributed by atoms with E-state index in [1.165, 1.54) is 36.7 Å². The summed E-state index contributed by atoms with van der Waals surface area (Å²) in [5.74, 6) is -0.468. The summed E-state index contributed by atoms with van der Waals surface area (Å²) in [6.07, 6.45) is -3.52. The Morgan fingerprint density at radius 1 is 1.03 bits per heavy atom. The van der Waals surface area contributed by atoms with E-state index < -0.39 is 17.6 Å². The third kappa shape index (κ3) is 5.53. The molecule has 9 heteroatoms. The fraction of sp³-hybridized carbons (Fsp3) is 0.190. The SMILES string of the molecule is CNc1cc(Oc2ccc(CC(=O)Cc3cccc(C(F)(F)F)c3)cc2F)ncn1. The number of halogens is 4. The van der Waals surface area contributed by atoms with Gasteiger partial charge in [-0.3, -0.25) is 4.79 Å². The van der Waals surface area contributed by atoms with Crippen molar-refractivity contribution < 1.29 is 27.1 Å². The highest BCUT2D eigenvalue weighted by Crippen LogP contribution is 2.30. The predicted molar refractivity (Wildman–Crippen MR) is 102 cm³/mol. The highest BCUT2D eigenvalue weighted by Gasteiger charge is 2.30. The molecule has 3 aromatic rings. The van der Waals surface area contributed by atoms with Crippen molar-refractivity contribution in [1.29, 1.82) is 0 Å². The Bertz CT molecular complexity index is 1050. The van der Waals surface area contributed by atoms with Crippen LogP contribution in [0.1, 0.15) is 16.7 Å². The van der Waals surface area contributed by atoms with Gasteiger partial charge in [-0.15, -0.1) is 0 Å². The molecule has 0 fully saturated rings. The average molecular weight is 419 g/mol. The fourth-order valence-electron chi connectivity index (χ4n) is 2.76. The van der Waals surface area contributed by atoms with Crippen molar-refractivity contribution in [3.8, 4) is 11.6 Å². The van der Waals surface area contributed by atoms with Gasteiger partial charge in [-0.2, -0.15) is 13.2 Å². The number of ether oxygens (including phenoxy) is 1. The Morgan fingerprint density at radius 2 is 1.77 bits per heavy atom. The molecule has 2 aromatic carbocycles. The highest BCUT2D eigenvalue weighted by atomic mass is 19.4. The third-order valence-electron chi connectivity index (χ3n) is 4.17. The molecule has 0 saturated carbocycles. The molecular formula is C21H17F4N3O2. The van der Waals surface area contributed by atoms with E-state index in [0.29, 0.717) is 11.4 Å². The van der Waals surface area contributed by atoms with Gasteiger partial charge in [-0.1, -0.05) is 24.3 Å². The summed E-state index contributed by atoms with van der Waals surface area (Å²) in [4.78, 5) is 20.1. The van der Waals surface area contributed by atoms with Crippen LogP contribution < -0.4 is 10.1 Å². The maximum atomic E-state index is 14.4. The van der Waals surface area contributed by atoms with Gasteiger partial charge in [0.15, 0.2) is 11.6 Å². The van der Waals surface area contributed by atoms with Crippen LogP contribution in [0.15, 0.2) is 54.9 Å². The summed E-state index contributed by atoms with van der Waals surface area (Å²) in [6, 6.07) is 10.1. The Hall–Kier alpha value is -3.49. The lowest BCUT2D eigenvalue weighted by Crippen LogP contribution is -2.09. The molecule has 5 nitrogen and oxygen atoms in total. The molecule has 0 amide bonds. The molecule has 0 spiro atoms. The van der Waals surface area contributed by atoms with Gasteiger partial charge >= 0.3 is 6.18 Å². The second kappa shape index (κ2) is 8.89. The Balaban J connectivity index is 1.66. The number of anilines is 1. The maximum absolute atomic E-state index is 14.4. The van der Waals surface area contributed by atoms with E-state index in [-0.39, 0.29) is 35.8 Å². The molecule has 0 aliphatic rings. The molecular weight excluding hydrogens is 402 g/mol. The van der Waals surface area contributed by atoms with Crippen LogP contribution in [-0.4, -0.2) is 22.8 Å². The number of alkyl halides is 3. The van der Waals surface area contributed by atoms with Crippen LogP contribution in [0, 0.1) is 5.82 Å². The molecule has 1 heterocycles. The number of benzene rings is 2. The quantitative estimate of drug-likeness (QED) is 0.556. The van der Waals surface area contributed by atoms with E-state index in [0.717, 1.165) is 18.2 Å². The van der Waals surface area contributed by atoms with Crippen molar-refractivity contribution in [2.45, 2.75) is 19.0 Å². The van der Waals surface area contributed by atoms with E-state index >= 15 is 0 Å². The summed E-state index contributed by atoms with van der Waals surface area (Å²) >= 11 is 0. The van der Waals surface area contributed by atoms with E-state index in [4.69, 9.17) is 4.74 Å². The molecule has 3 rings (SSSR count). The summed E-state index contributed by atoms with van der Waals surface area (Å²) in [5, 5.41) is 2.81. The van der Waals surface area contributed by atoms with Crippen LogP contribution in [0.3, 0.4) is 0 Å². The van der Waals surface area contributed by atoms with Crippen LogP contribution >= 0.6 is 0 Å². The zero-order valence-electron chi connectivity index (χ0n) is 15.8. The van der Waals surface area contributed by atoms with E-state index in [2.05, 4.69) is 15.3 Å². The lowest BCUT2D eigenvalue weighted by molar-refractivity contribution is -0.137. The van der Waals surface area contributed by atoms with Crippen LogP contribution in [0.25, 0.3) is 0 Å². The number of ketones is 1. The molecule has 0 aliphatic heterocycles. The van der Waals surface area contributed by atoms with E-state index in [1.807, 2.05) is 0 Å². The first-order valence-electron chi connectivity index (χ1n) is 8.88. The number of carbonyl (C=O) groups excluding carboxylic acids is 1. The monoisotopic (exact) mass is 419 g/mol. The van der Waals surface area contributed by atoms with Gasteiger partial charge in [0.1, 0.15) is 17.9 Å². The first-order valence-corrected chi connectivity index (χ1v) is 8.88. The van der Waals surface area contributed by atoms with Crippen molar-refractivity contribution in [2.24, 2.45) is 0 Å². The van der Waals surface area contributed by atoms with Crippen LogP contribution in [-0.2, 0) is 23.8 Å². The summed E-state index contributed by atoms with van der Waals surface area (Å²) < 4.78 is 58.1. The van der Waals surface area contributed by atoms with Crippen LogP contribution in [0.2, 0.25) is 0 Å². The minimum Gasteiger partial charge on any atom is -0.436 e. The van der Waals surface area contributed by atoms with Gasteiger partial charge in [0.05, 0.1) is 5.56 Å². The number of nitrogens with one attached hydrogen (secondary N) is 1. The summed E-state index contributed by atoms with van der Waals surface area (Å²) in [6.45, 7) is 0. The topological polar surface area (TPSA) is 64.1 Å². The van der Waals surface area contributed by atoms with Crippen LogP contribution in [0.4, 0.5) is 23.4 Å².